The number of para-hydroxylation sites is 1. The molecule has 1 fully saturated rings. The number of amides is 2. The lowest BCUT2D eigenvalue weighted by Gasteiger charge is -2.23. The van der Waals surface area contributed by atoms with Gasteiger partial charge in [-0.3, -0.25) is 14.9 Å². The maximum Gasteiger partial charge on any atom is 0.249 e. The number of aryl methyl sites for hydroxylation is 1. The first kappa shape index (κ1) is 45.2. The lowest BCUT2D eigenvalue weighted by molar-refractivity contribution is -0.135. The Morgan fingerprint density at radius 1 is 0.731 bits per heavy atom. The van der Waals surface area contributed by atoms with Crippen LogP contribution in [0, 0.1) is 5.82 Å². The summed E-state index contributed by atoms with van der Waals surface area (Å²) in [5.41, 5.74) is 6.82. The minimum absolute atomic E-state index is 0.191. The standard InChI is InChI=1S/C52H48ClFN6O7/c53-44-31-39(14-20-48(44)67-32-34-5-3-6-37(54)29-34)57-50-43-30-36(12-18-45(43)55-33-56-50)35-10-15-40(16-11-35)66-28-27-65-26-25-64-24-23-63-22-4-7-38-13-17-42-41-8-1-2-9-46(41)60(51(42)58-38)47-19-21-49(61)59-52(47)62/h1-3,5-6,8-18,20,29-31,33,47H,4,7,19,21-28,32H2,(H,55,56,57)(H,59,61,62). The molecule has 13 nitrogen and oxygen atoms in total. The van der Waals surface area contributed by atoms with Crippen molar-refractivity contribution in [1.82, 2.24) is 24.8 Å². The van der Waals surface area contributed by atoms with E-state index in [0.717, 1.165) is 73.9 Å². The van der Waals surface area contributed by atoms with Crippen LogP contribution < -0.4 is 20.1 Å². The number of halogens is 2. The van der Waals surface area contributed by atoms with Gasteiger partial charge in [-0.15, -0.1) is 0 Å². The zero-order valence-corrected chi connectivity index (χ0v) is 37.3. The molecule has 1 unspecified atom stereocenters. The van der Waals surface area contributed by atoms with Gasteiger partial charge in [-0.05, 0) is 109 Å². The van der Waals surface area contributed by atoms with Gasteiger partial charge in [0.1, 0.15) is 54.4 Å². The minimum atomic E-state index is -0.487. The van der Waals surface area contributed by atoms with Crippen molar-refractivity contribution in [3.8, 4) is 22.6 Å². The molecule has 1 saturated heterocycles. The first-order valence-corrected chi connectivity index (χ1v) is 22.6. The van der Waals surface area contributed by atoms with E-state index in [1.54, 1.807) is 24.3 Å². The van der Waals surface area contributed by atoms with Gasteiger partial charge in [0, 0.05) is 40.6 Å². The molecule has 1 aliphatic rings. The smallest absolute Gasteiger partial charge is 0.249 e. The predicted molar refractivity (Wildman–Crippen MR) is 255 cm³/mol. The molecule has 2 N–H and O–H groups in total. The zero-order valence-electron chi connectivity index (χ0n) is 36.6. The summed E-state index contributed by atoms with van der Waals surface area (Å²) in [6.07, 6.45) is 3.77. The van der Waals surface area contributed by atoms with E-state index in [9.17, 15) is 14.0 Å². The van der Waals surface area contributed by atoms with Gasteiger partial charge in [-0.1, -0.05) is 60.1 Å². The lowest BCUT2D eigenvalue weighted by Crippen LogP contribution is -2.41. The van der Waals surface area contributed by atoms with Gasteiger partial charge in [0.15, 0.2) is 0 Å². The number of imide groups is 1. The van der Waals surface area contributed by atoms with Gasteiger partial charge < -0.3 is 33.6 Å². The summed E-state index contributed by atoms with van der Waals surface area (Å²) in [6, 6.07) is 37.1. The first-order chi connectivity index (χ1) is 32.9. The molecule has 0 spiro atoms. The molecule has 9 rings (SSSR count). The number of carbonyl (C=O) groups is 2. The number of hydrogen-bond donors (Lipinski definition) is 2. The van der Waals surface area contributed by atoms with Crippen LogP contribution >= 0.6 is 11.6 Å². The molecule has 8 aromatic rings. The van der Waals surface area contributed by atoms with Crippen molar-refractivity contribution in [2.45, 2.75) is 38.3 Å². The fraction of sp³-hybridized carbons (Fsp3) is 0.250. The van der Waals surface area contributed by atoms with Gasteiger partial charge in [-0.25, -0.2) is 19.3 Å². The molecule has 0 bridgehead atoms. The number of ether oxygens (including phenoxy) is 5. The molecular formula is C52H48ClFN6O7. The number of pyridine rings is 1. The van der Waals surface area contributed by atoms with E-state index in [2.05, 4.69) is 26.7 Å². The zero-order chi connectivity index (χ0) is 46.0. The molecule has 4 heterocycles. The molecule has 2 amide bonds. The Hall–Kier alpha value is -6.97. The third kappa shape index (κ3) is 11.2. The molecule has 67 heavy (non-hydrogen) atoms. The Morgan fingerprint density at radius 2 is 1.52 bits per heavy atom. The van der Waals surface area contributed by atoms with Gasteiger partial charge in [-0.2, -0.15) is 0 Å². The highest BCUT2D eigenvalue weighted by Crippen LogP contribution is 2.35. The third-order valence-corrected chi connectivity index (χ3v) is 11.7. The van der Waals surface area contributed by atoms with E-state index >= 15 is 0 Å². The molecule has 0 radical (unpaired) electrons. The van der Waals surface area contributed by atoms with Crippen LogP contribution in [0.2, 0.25) is 5.02 Å². The molecule has 0 saturated carbocycles. The summed E-state index contributed by atoms with van der Waals surface area (Å²) < 4.78 is 44.5. The van der Waals surface area contributed by atoms with Crippen molar-refractivity contribution >= 4 is 67.8 Å². The lowest BCUT2D eigenvalue weighted by atomic mass is 10.0. The molecule has 1 aliphatic heterocycles. The van der Waals surface area contributed by atoms with E-state index in [0.29, 0.717) is 81.2 Å². The van der Waals surface area contributed by atoms with Gasteiger partial charge in [0.2, 0.25) is 11.8 Å². The van der Waals surface area contributed by atoms with Crippen LogP contribution in [0.1, 0.15) is 36.6 Å². The first-order valence-electron chi connectivity index (χ1n) is 22.2. The van der Waals surface area contributed by atoms with Gasteiger partial charge >= 0.3 is 0 Å². The molecule has 0 aliphatic carbocycles. The summed E-state index contributed by atoms with van der Waals surface area (Å²) in [5.74, 6) is 1.01. The number of piperidine rings is 1. The van der Waals surface area contributed by atoms with Crippen LogP contribution in [0.15, 0.2) is 128 Å². The van der Waals surface area contributed by atoms with Crippen LogP contribution in [-0.4, -0.2) is 77.6 Å². The average molecular weight is 923 g/mol. The third-order valence-electron chi connectivity index (χ3n) is 11.4. The maximum absolute atomic E-state index is 13.6. The monoisotopic (exact) mass is 922 g/mol. The fourth-order valence-electron chi connectivity index (χ4n) is 8.11. The van der Waals surface area contributed by atoms with Gasteiger partial charge in [0.05, 0.1) is 49.1 Å². The Labute approximate surface area is 391 Å². The van der Waals surface area contributed by atoms with E-state index in [1.165, 1.54) is 18.5 Å². The minimum Gasteiger partial charge on any atom is -0.491 e. The average Bonchev–Trinajstić information content (AvgIpc) is 3.66. The molecule has 3 aromatic heterocycles. The highest BCUT2D eigenvalue weighted by Gasteiger charge is 2.31. The van der Waals surface area contributed by atoms with Crippen molar-refractivity contribution in [1.29, 1.82) is 0 Å². The Kier molecular flexibility index (Phi) is 14.5. The normalized spacial score (nSPS) is 13.9. The maximum atomic E-state index is 13.6. The Morgan fingerprint density at radius 3 is 2.33 bits per heavy atom. The van der Waals surface area contributed by atoms with Crippen molar-refractivity contribution in [2.75, 3.05) is 51.6 Å². The van der Waals surface area contributed by atoms with Crippen LogP contribution in [0.4, 0.5) is 15.9 Å². The number of carbonyl (C=O) groups excluding carboxylic acids is 2. The number of nitrogens with zero attached hydrogens (tertiary/aromatic N) is 4. The van der Waals surface area contributed by atoms with Crippen LogP contribution in [0.3, 0.4) is 0 Å². The summed E-state index contributed by atoms with van der Waals surface area (Å²) in [5, 5.41) is 9.12. The number of anilines is 2. The molecular weight excluding hydrogens is 875 g/mol. The number of rotatable bonds is 21. The number of benzene rings is 5. The predicted octanol–water partition coefficient (Wildman–Crippen LogP) is 9.95. The highest BCUT2D eigenvalue weighted by molar-refractivity contribution is 6.32. The quantitative estimate of drug-likeness (QED) is 0.0524. The van der Waals surface area contributed by atoms with Gasteiger partial charge in [0.25, 0.3) is 0 Å². The molecule has 342 valence electrons. The number of fused-ring (bicyclic) bond motifs is 4. The van der Waals surface area contributed by atoms with E-state index in [1.807, 2.05) is 83.4 Å². The molecule has 5 aromatic carbocycles. The second kappa shape index (κ2) is 21.6. The second-order valence-corrected chi connectivity index (χ2v) is 16.4. The van der Waals surface area contributed by atoms with Crippen LogP contribution in [0.25, 0.3) is 44.0 Å². The summed E-state index contributed by atoms with van der Waals surface area (Å²) in [4.78, 5) is 38.6. The van der Waals surface area contributed by atoms with Crippen molar-refractivity contribution in [3.05, 3.63) is 150 Å². The SMILES string of the molecule is O=C1CCC(n2c3ccccc3c3ccc(CCCOCCOCCOCCOc4ccc(-c5ccc6ncnc(Nc7ccc(OCc8cccc(F)c8)c(Cl)c7)c6c5)cc4)nc32)C(=O)N1. The summed E-state index contributed by atoms with van der Waals surface area (Å²) in [6.45, 7) is 3.41. The van der Waals surface area contributed by atoms with Crippen molar-refractivity contribution in [2.24, 2.45) is 0 Å². The van der Waals surface area contributed by atoms with Crippen LogP contribution in [-0.2, 0) is 36.8 Å². The number of aromatic nitrogens is 4. The Balaban J connectivity index is 0.664. The van der Waals surface area contributed by atoms with Crippen LogP contribution in [0.5, 0.6) is 11.5 Å². The largest absolute Gasteiger partial charge is 0.491 e. The van der Waals surface area contributed by atoms with E-state index in [4.69, 9.17) is 40.3 Å². The fourth-order valence-corrected chi connectivity index (χ4v) is 8.34. The number of hydrogen-bond acceptors (Lipinski definition) is 11. The Bertz CT molecular complexity index is 3020. The van der Waals surface area contributed by atoms with E-state index < -0.39 is 6.04 Å². The number of nitrogens with one attached hydrogen (secondary N) is 2. The van der Waals surface area contributed by atoms with E-state index in [-0.39, 0.29) is 24.2 Å². The van der Waals surface area contributed by atoms with Crippen molar-refractivity contribution < 1.29 is 37.7 Å². The second-order valence-electron chi connectivity index (χ2n) is 16.0. The van der Waals surface area contributed by atoms with Crippen molar-refractivity contribution in [3.63, 3.8) is 0 Å². The highest BCUT2D eigenvalue weighted by atomic mass is 35.5. The summed E-state index contributed by atoms with van der Waals surface area (Å²) in [7, 11) is 0. The topological polar surface area (TPSA) is 148 Å². The molecule has 15 heteroatoms. The molecule has 1 atom stereocenters. The summed E-state index contributed by atoms with van der Waals surface area (Å²) >= 11 is 6.56.